The number of aromatic nitrogens is 3. The molecule has 1 N–H and O–H groups in total. The second-order valence-electron chi connectivity index (χ2n) is 4.22. The van der Waals surface area contributed by atoms with Crippen molar-refractivity contribution < 1.29 is 9.90 Å². The lowest BCUT2D eigenvalue weighted by molar-refractivity contribution is 0.0697. The van der Waals surface area contributed by atoms with Crippen molar-refractivity contribution in [2.45, 2.75) is 6.54 Å². The SMILES string of the molecule is O=C(O)c1ccc2nn(Cc3ccccc3)nc2c1. The predicted molar refractivity (Wildman–Crippen MR) is 70.0 cm³/mol. The van der Waals surface area contributed by atoms with E-state index >= 15 is 0 Å². The molecule has 0 radical (unpaired) electrons. The molecule has 2 aromatic carbocycles. The average Bonchev–Trinajstić information content (AvgIpc) is 2.80. The van der Waals surface area contributed by atoms with Gasteiger partial charge in [-0.05, 0) is 23.8 Å². The minimum atomic E-state index is -0.959. The summed E-state index contributed by atoms with van der Waals surface area (Å²) in [5.74, 6) is -0.959. The normalized spacial score (nSPS) is 10.7. The highest BCUT2D eigenvalue weighted by Crippen LogP contribution is 2.12. The largest absolute Gasteiger partial charge is 0.478 e. The Kier molecular flexibility index (Phi) is 2.72. The molecular formula is C14H11N3O2. The van der Waals surface area contributed by atoms with Crippen LogP contribution in [0.15, 0.2) is 48.5 Å². The van der Waals surface area contributed by atoms with Crippen LogP contribution in [0.2, 0.25) is 0 Å². The third-order valence-electron chi connectivity index (χ3n) is 2.84. The lowest BCUT2D eigenvalue weighted by Gasteiger charge is -1.98. The lowest BCUT2D eigenvalue weighted by atomic mass is 10.2. The van der Waals surface area contributed by atoms with Gasteiger partial charge in [0.1, 0.15) is 11.0 Å². The molecule has 0 bridgehead atoms. The van der Waals surface area contributed by atoms with Gasteiger partial charge in [0.15, 0.2) is 0 Å². The Morgan fingerprint density at radius 2 is 1.79 bits per heavy atom. The van der Waals surface area contributed by atoms with Crippen molar-refractivity contribution in [3.8, 4) is 0 Å². The van der Waals surface area contributed by atoms with E-state index in [0.717, 1.165) is 5.56 Å². The zero-order valence-corrected chi connectivity index (χ0v) is 10.0. The maximum atomic E-state index is 10.9. The van der Waals surface area contributed by atoms with E-state index in [2.05, 4.69) is 10.2 Å². The molecule has 0 unspecified atom stereocenters. The predicted octanol–water partition coefficient (Wildman–Crippen LogP) is 2.18. The van der Waals surface area contributed by atoms with Crippen molar-refractivity contribution in [1.29, 1.82) is 0 Å². The molecule has 0 spiro atoms. The van der Waals surface area contributed by atoms with E-state index in [1.54, 1.807) is 10.9 Å². The summed E-state index contributed by atoms with van der Waals surface area (Å²) in [6.45, 7) is 0.567. The van der Waals surface area contributed by atoms with Crippen molar-refractivity contribution in [3.63, 3.8) is 0 Å². The number of hydrogen-bond acceptors (Lipinski definition) is 3. The van der Waals surface area contributed by atoms with E-state index in [0.29, 0.717) is 17.6 Å². The van der Waals surface area contributed by atoms with Crippen LogP contribution in [0.25, 0.3) is 11.0 Å². The highest BCUT2D eigenvalue weighted by atomic mass is 16.4. The molecule has 5 heteroatoms. The highest BCUT2D eigenvalue weighted by molar-refractivity contribution is 5.91. The van der Waals surface area contributed by atoms with Gasteiger partial charge >= 0.3 is 5.97 Å². The van der Waals surface area contributed by atoms with E-state index in [1.807, 2.05) is 30.3 Å². The fraction of sp³-hybridized carbons (Fsp3) is 0.0714. The molecule has 0 aliphatic carbocycles. The van der Waals surface area contributed by atoms with Crippen LogP contribution in [0.3, 0.4) is 0 Å². The van der Waals surface area contributed by atoms with Gasteiger partial charge in [-0.25, -0.2) is 4.79 Å². The molecule has 3 aromatic rings. The number of carboxylic acid groups (broad SMARTS) is 1. The lowest BCUT2D eigenvalue weighted by Crippen LogP contribution is -2.03. The molecule has 5 nitrogen and oxygen atoms in total. The second kappa shape index (κ2) is 4.53. The molecule has 0 fully saturated rings. The Hall–Kier alpha value is -2.69. The molecule has 19 heavy (non-hydrogen) atoms. The minimum absolute atomic E-state index is 0.222. The van der Waals surface area contributed by atoms with Gasteiger partial charge in [-0.15, -0.1) is 0 Å². The van der Waals surface area contributed by atoms with Gasteiger partial charge < -0.3 is 5.11 Å². The zero-order chi connectivity index (χ0) is 13.2. The number of nitrogens with zero attached hydrogens (tertiary/aromatic N) is 3. The van der Waals surface area contributed by atoms with E-state index in [-0.39, 0.29) is 5.56 Å². The topological polar surface area (TPSA) is 68.0 Å². The Morgan fingerprint density at radius 3 is 2.53 bits per heavy atom. The van der Waals surface area contributed by atoms with Gasteiger partial charge in [-0.1, -0.05) is 30.3 Å². The number of aromatic carboxylic acids is 1. The van der Waals surface area contributed by atoms with Gasteiger partial charge in [0, 0.05) is 0 Å². The van der Waals surface area contributed by atoms with Crippen LogP contribution >= 0.6 is 0 Å². The smallest absolute Gasteiger partial charge is 0.335 e. The summed E-state index contributed by atoms with van der Waals surface area (Å²) >= 11 is 0. The zero-order valence-electron chi connectivity index (χ0n) is 10.0. The Labute approximate surface area is 109 Å². The van der Waals surface area contributed by atoms with Crippen molar-refractivity contribution >= 4 is 17.0 Å². The van der Waals surface area contributed by atoms with Crippen LogP contribution in [-0.4, -0.2) is 26.1 Å². The van der Waals surface area contributed by atoms with E-state index in [4.69, 9.17) is 5.11 Å². The van der Waals surface area contributed by atoms with Crippen LogP contribution in [0.1, 0.15) is 15.9 Å². The van der Waals surface area contributed by atoms with Crippen LogP contribution in [0.4, 0.5) is 0 Å². The molecule has 0 amide bonds. The average molecular weight is 253 g/mol. The number of hydrogen-bond donors (Lipinski definition) is 1. The Morgan fingerprint density at radius 1 is 1.05 bits per heavy atom. The van der Waals surface area contributed by atoms with Crippen molar-refractivity contribution in [2.75, 3.05) is 0 Å². The van der Waals surface area contributed by atoms with Crippen LogP contribution in [-0.2, 0) is 6.54 Å². The van der Waals surface area contributed by atoms with Gasteiger partial charge in [-0.3, -0.25) is 0 Å². The number of rotatable bonds is 3. The fourth-order valence-corrected chi connectivity index (χ4v) is 1.91. The molecule has 0 saturated heterocycles. The first kappa shape index (κ1) is 11.4. The maximum Gasteiger partial charge on any atom is 0.335 e. The van der Waals surface area contributed by atoms with Gasteiger partial charge in [-0.2, -0.15) is 15.0 Å². The van der Waals surface area contributed by atoms with E-state index < -0.39 is 5.97 Å². The van der Waals surface area contributed by atoms with Gasteiger partial charge in [0.05, 0.1) is 12.1 Å². The molecule has 0 aliphatic heterocycles. The molecule has 3 rings (SSSR count). The Balaban J connectivity index is 1.95. The summed E-state index contributed by atoms with van der Waals surface area (Å²) in [6, 6.07) is 14.6. The Bertz CT molecular complexity index is 735. The molecular weight excluding hydrogens is 242 g/mol. The van der Waals surface area contributed by atoms with Crippen molar-refractivity contribution in [3.05, 3.63) is 59.7 Å². The number of carbonyl (C=O) groups is 1. The molecule has 94 valence electrons. The standard InChI is InChI=1S/C14H11N3O2/c18-14(19)11-6-7-12-13(8-11)16-17(15-12)9-10-4-2-1-3-5-10/h1-8H,9H2,(H,18,19). The summed E-state index contributed by atoms with van der Waals surface area (Å²) < 4.78 is 0. The highest BCUT2D eigenvalue weighted by Gasteiger charge is 2.08. The van der Waals surface area contributed by atoms with Crippen LogP contribution in [0.5, 0.6) is 0 Å². The summed E-state index contributed by atoms with van der Waals surface area (Å²) in [4.78, 5) is 12.5. The number of carboxylic acids is 1. The van der Waals surface area contributed by atoms with E-state index in [1.165, 1.54) is 12.1 Å². The summed E-state index contributed by atoms with van der Waals surface area (Å²) in [5, 5.41) is 17.5. The quantitative estimate of drug-likeness (QED) is 0.776. The molecule has 0 saturated carbocycles. The van der Waals surface area contributed by atoms with Crippen molar-refractivity contribution in [1.82, 2.24) is 15.0 Å². The second-order valence-corrected chi connectivity index (χ2v) is 4.22. The number of benzene rings is 2. The van der Waals surface area contributed by atoms with Crippen molar-refractivity contribution in [2.24, 2.45) is 0 Å². The maximum absolute atomic E-state index is 10.9. The molecule has 1 heterocycles. The third-order valence-corrected chi connectivity index (χ3v) is 2.84. The minimum Gasteiger partial charge on any atom is -0.478 e. The van der Waals surface area contributed by atoms with Crippen LogP contribution in [0, 0.1) is 0 Å². The first-order chi connectivity index (χ1) is 9.22. The number of fused-ring (bicyclic) bond motifs is 1. The summed E-state index contributed by atoms with van der Waals surface area (Å²) in [7, 11) is 0. The summed E-state index contributed by atoms with van der Waals surface area (Å²) in [5.41, 5.74) is 2.61. The molecule has 0 aliphatic rings. The van der Waals surface area contributed by atoms with Gasteiger partial charge in [0.2, 0.25) is 0 Å². The first-order valence-corrected chi connectivity index (χ1v) is 5.84. The van der Waals surface area contributed by atoms with Gasteiger partial charge in [0.25, 0.3) is 0 Å². The van der Waals surface area contributed by atoms with Crippen LogP contribution < -0.4 is 0 Å². The van der Waals surface area contributed by atoms with E-state index in [9.17, 15) is 4.79 Å². The molecule has 1 aromatic heterocycles. The fourth-order valence-electron chi connectivity index (χ4n) is 1.91. The molecule has 0 atom stereocenters. The monoisotopic (exact) mass is 253 g/mol. The summed E-state index contributed by atoms with van der Waals surface area (Å²) in [6.07, 6.45) is 0. The third kappa shape index (κ3) is 2.30. The first-order valence-electron chi connectivity index (χ1n) is 5.84.